The van der Waals surface area contributed by atoms with E-state index in [0.29, 0.717) is 16.8 Å². The van der Waals surface area contributed by atoms with Crippen molar-refractivity contribution in [2.75, 3.05) is 5.32 Å². The Kier molecular flexibility index (Phi) is 7.66. The number of benzene rings is 2. The Bertz CT molecular complexity index is 1260. The summed E-state index contributed by atoms with van der Waals surface area (Å²) in [4.78, 5) is 12.8. The lowest BCUT2D eigenvalue weighted by Crippen LogP contribution is -2.21. The van der Waals surface area contributed by atoms with E-state index in [1.54, 1.807) is 12.1 Å². The molecule has 0 heterocycles. The van der Waals surface area contributed by atoms with Gasteiger partial charge in [0.05, 0.1) is 33.8 Å². The van der Waals surface area contributed by atoms with Crippen LogP contribution in [0.25, 0.3) is 0 Å². The topological polar surface area (TPSA) is 152 Å². The number of nitriles is 2. The van der Waals surface area contributed by atoms with Gasteiger partial charge in [0, 0.05) is 5.69 Å². The molecule has 9 heteroatoms. The van der Waals surface area contributed by atoms with Gasteiger partial charge in [-0.1, -0.05) is 27.7 Å². The highest BCUT2D eigenvalue weighted by molar-refractivity contribution is 7.91. The number of nitrogens with zero attached hydrogens (tertiary/aromatic N) is 3. The number of carbonyl (C=O) groups is 1. The van der Waals surface area contributed by atoms with Gasteiger partial charge in [-0.2, -0.15) is 10.5 Å². The van der Waals surface area contributed by atoms with Gasteiger partial charge in [0.15, 0.2) is 0 Å². The number of rotatable bonds is 5. The number of hydrogen-bond acceptors (Lipinski definition) is 5. The Morgan fingerprint density at radius 3 is 1.94 bits per heavy atom. The van der Waals surface area contributed by atoms with Crippen LogP contribution in [0.1, 0.15) is 81.2 Å². The minimum atomic E-state index is -3.73. The van der Waals surface area contributed by atoms with Gasteiger partial charge in [0.25, 0.3) is 0 Å². The molecule has 0 fully saturated rings. The smallest absolute Gasteiger partial charge is 0.354 e. The van der Waals surface area contributed by atoms with Crippen molar-refractivity contribution < 1.29 is 14.1 Å². The van der Waals surface area contributed by atoms with Crippen molar-refractivity contribution in [1.29, 1.82) is 10.5 Å². The number of amides is 2. The van der Waals surface area contributed by atoms with Gasteiger partial charge < -0.3 is 10.4 Å². The summed E-state index contributed by atoms with van der Waals surface area (Å²) < 4.78 is 16.9. The van der Waals surface area contributed by atoms with E-state index in [0.717, 1.165) is 11.1 Å². The van der Waals surface area contributed by atoms with E-state index in [1.807, 2.05) is 33.8 Å². The zero-order chi connectivity index (χ0) is 25.1. The maximum absolute atomic E-state index is 13.2. The van der Waals surface area contributed by atoms with Crippen molar-refractivity contribution in [2.24, 2.45) is 9.50 Å². The number of nitrogens with two attached hydrogens (primary N) is 1. The third-order valence-corrected chi connectivity index (χ3v) is 6.45. The lowest BCUT2D eigenvalue weighted by atomic mass is 9.90. The van der Waals surface area contributed by atoms with Crippen molar-refractivity contribution in [3.05, 3.63) is 58.1 Å². The van der Waals surface area contributed by atoms with Crippen LogP contribution in [0.5, 0.6) is 0 Å². The molecular formula is C24H29N5O3S. The van der Waals surface area contributed by atoms with E-state index in [4.69, 9.17) is 5.14 Å². The lowest BCUT2D eigenvalue weighted by molar-refractivity contribution is 0.0783. The van der Waals surface area contributed by atoms with Crippen LogP contribution >= 0.6 is 0 Å². The molecule has 0 saturated carbocycles. The first-order chi connectivity index (χ1) is 15.2. The summed E-state index contributed by atoms with van der Waals surface area (Å²) in [5, 5.41) is 37.6. The highest BCUT2D eigenvalue weighted by Crippen LogP contribution is 2.34. The Hall–Kier alpha value is -3.24. The summed E-state index contributed by atoms with van der Waals surface area (Å²) in [6.45, 7) is 10.8. The molecular weight excluding hydrogens is 438 g/mol. The fourth-order valence-corrected chi connectivity index (χ4v) is 4.29. The number of hydrogen-bond donors (Lipinski definition) is 3. The van der Waals surface area contributed by atoms with E-state index >= 15 is 0 Å². The molecule has 1 unspecified atom stereocenters. The highest BCUT2D eigenvalue weighted by Gasteiger charge is 2.22. The van der Waals surface area contributed by atoms with Crippen molar-refractivity contribution >= 4 is 21.6 Å². The van der Waals surface area contributed by atoms with E-state index in [-0.39, 0.29) is 22.3 Å². The van der Waals surface area contributed by atoms with Crippen molar-refractivity contribution in [1.82, 2.24) is 0 Å². The van der Waals surface area contributed by atoms with Crippen molar-refractivity contribution in [2.45, 2.75) is 63.9 Å². The molecule has 1 atom stereocenters. The van der Waals surface area contributed by atoms with Gasteiger partial charge in [0.2, 0.25) is 0 Å². The Labute approximate surface area is 195 Å². The van der Waals surface area contributed by atoms with Gasteiger partial charge in [-0.15, -0.1) is 4.36 Å². The standard InChI is InChI=1S/C24H29N5O3S/c1-14(2)20-9-17(13-26)10-21(15(3)4)22(20)28-23(30)29-33(27,32)19-8-16(12-25)7-18(11-19)24(5,6)31/h7-11,14-15,31H,1-6H3,(H3,27,28,29,30,32). The summed E-state index contributed by atoms with van der Waals surface area (Å²) in [5.41, 5.74) is 1.62. The second-order valence-electron chi connectivity index (χ2n) is 8.96. The first kappa shape index (κ1) is 26.0. The largest absolute Gasteiger partial charge is 0.386 e. The molecule has 2 aromatic carbocycles. The molecule has 8 nitrogen and oxygen atoms in total. The van der Waals surface area contributed by atoms with Crippen LogP contribution in [0.15, 0.2) is 39.6 Å². The molecule has 2 rings (SSSR count). The maximum Gasteiger partial charge on any atom is 0.354 e. The van der Waals surface area contributed by atoms with Crippen LogP contribution in [0.3, 0.4) is 0 Å². The van der Waals surface area contributed by atoms with Crippen LogP contribution in [0, 0.1) is 22.7 Å². The number of carbonyl (C=O) groups excluding carboxylic acids is 1. The van der Waals surface area contributed by atoms with Gasteiger partial charge >= 0.3 is 6.03 Å². The second-order valence-corrected chi connectivity index (χ2v) is 10.7. The molecule has 4 N–H and O–H groups in total. The fourth-order valence-electron chi connectivity index (χ4n) is 3.30. The molecule has 0 bridgehead atoms. The van der Waals surface area contributed by atoms with Gasteiger partial charge in [-0.25, -0.2) is 14.1 Å². The minimum Gasteiger partial charge on any atom is -0.386 e. The SMILES string of the molecule is CC(C)c1cc(C#N)cc(C(C)C)c1NC(=O)N=S(N)(=O)c1cc(C#N)cc(C(C)(C)O)c1. The number of nitrogens with one attached hydrogen (secondary N) is 1. The average molecular weight is 468 g/mol. The summed E-state index contributed by atoms with van der Waals surface area (Å²) >= 11 is 0. The predicted octanol–water partition coefficient (Wildman–Crippen LogP) is 4.84. The molecule has 0 aliphatic heterocycles. The number of aliphatic hydroxyl groups is 1. The highest BCUT2D eigenvalue weighted by atomic mass is 32.2. The summed E-state index contributed by atoms with van der Waals surface area (Å²) in [6.07, 6.45) is 0. The second kappa shape index (κ2) is 9.72. The van der Waals surface area contributed by atoms with E-state index in [1.165, 1.54) is 32.0 Å². The maximum atomic E-state index is 13.2. The van der Waals surface area contributed by atoms with E-state index in [9.17, 15) is 24.6 Å². The van der Waals surface area contributed by atoms with Gasteiger partial charge in [-0.05, 0) is 72.7 Å². The van der Waals surface area contributed by atoms with E-state index in [2.05, 4.69) is 15.7 Å². The summed E-state index contributed by atoms with van der Waals surface area (Å²) in [6, 6.07) is 10.7. The normalized spacial score (nSPS) is 13.2. The Morgan fingerprint density at radius 1 is 1.03 bits per heavy atom. The van der Waals surface area contributed by atoms with Crippen LogP contribution in [0.4, 0.5) is 10.5 Å². The molecule has 0 saturated heterocycles. The average Bonchev–Trinajstić information content (AvgIpc) is 2.71. The van der Waals surface area contributed by atoms with Crippen molar-refractivity contribution in [3.63, 3.8) is 0 Å². The molecule has 0 radical (unpaired) electrons. The van der Waals surface area contributed by atoms with Crippen molar-refractivity contribution in [3.8, 4) is 12.1 Å². The zero-order valence-corrected chi connectivity index (χ0v) is 20.4. The quantitative estimate of drug-likeness (QED) is 0.574. The molecule has 33 heavy (non-hydrogen) atoms. The number of anilines is 1. The molecule has 0 spiro atoms. The van der Waals surface area contributed by atoms with Crippen LogP contribution < -0.4 is 10.5 Å². The summed E-state index contributed by atoms with van der Waals surface area (Å²) in [7, 11) is -3.73. The fraction of sp³-hybridized carbons (Fsp3) is 0.375. The van der Waals surface area contributed by atoms with Crippen LogP contribution in [-0.4, -0.2) is 15.3 Å². The zero-order valence-electron chi connectivity index (χ0n) is 19.6. The molecule has 0 aromatic heterocycles. The first-order valence-corrected chi connectivity index (χ1v) is 12.0. The molecule has 2 aromatic rings. The third kappa shape index (κ3) is 6.17. The molecule has 0 aliphatic rings. The molecule has 0 aliphatic carbocycles. The van der Waals surface area contributed by atoms with Crippen LogP contribution in [-0.2, 0) is 15.5 Å². The summed E-state index contributed by atoms with van der Waals surface area (Å²) in [5.74, 6) is -0.00929. The first-order valence-electron chi connectivity index (χ1n) is 10.4. The predicted molar refractivity (Wildman–Crippen MR) is 128 cm³/mol. The Morgan fingerprint density at radius 2 is 1.52 bits per heavy atom. The molecule has 2 amide bonds. The number of urea groups is 1. The van der Waals surface area contributed by atoms with E-state index < -0.39 is 21.5 Å². The van der Waals surface area contributed by atoms with Crippen LogP contribution in [0.2, 0.25) is 0 Å². The lowest BCUT2D eigenvalue weighted by Gasteiger charge is -2.20. The van der Waals surface area contributed by atoms with Gasteiger partial charge in [-0.3, -0.25) is 0 Å². The monoisotopic (exact) mass is 467 g/mol. The molecule has 174 valence electrons. The Balaban J connectivity index is 2.59. The minimum absolute atomic E-state index is 0.00464. The third-order valence-electron chi connectivity index (χ3n) is 5.10. The van der Waals surface area contributed by atoms with Gasteiger partial charge in [0.1, 0.15) is 9.92 Å².